The van der Waals surface area contributed by atoms with E-state index in [0.29, 0.717) is 27.5 Å². The molecule has 0 saturated heterocycles. The van der Waals surface area contributed by atoms with Crippen LogP contribution in [0.4, 0.5) is 11.4 Å². The first-order chi connectivity index (χ1) is 16.3. The fourth-order valence-corrected chi connectivity index (χ4v) is 4.11. The lowest BCUT2D eigenvalue weighted by atomic mass is 9.98. The van der Waals surface area contributed by atoms with E-state index in [-0.39, 0.29) is 12.3 Å². The third-order valence-electron chi connectivity index (χ3n) is 5.62. The second-order valence-corrected chi connectivity index (χ2v) is 8.98. The van der Waals surface area contributed by atoms with Crippen molar-refractivity contribution < 1.29 is 14.7 Å². The molecule has 0 saturated carbocycles. The van der Waals surface area contributed by atoms with E-state index in [2.05, 4.69) is 27.7 Å². The number of halogens is 1. The third-order valence-corrected chi connectivity index (χ3v) is 5.85. The highest BCUT2D eigenvalue weighted by Crippen LogP contribution is 2.38. The second kappa shape index (κ2) is 10.1. The number of carboxylic acids is 1. The summed E-state index contributed by atoms with van der Waals surface area (Å²) in [6.07, 6.45) is 0.843. The summed E-state index contributed by atoms with van der Waals surface area (Å²) in [6, 6.07) is 20.7. The van der Waals surface area contributed by atoms with E-state index in [9.17, 15) is 9.59 Å². The number of amides is 1. The summed E-state index contributed by atoms with van der Waals surface area (Å²) in [6.45, 7) is 0.930. The number of aliphatic carboxylic acids is 1. The van der Waals surface area contributed by atoms with Gasteiger partial charge in [-0.2, -0.15) is 0 Å². The molecule has 0 spiro atoms. The minimum absolute atomic E-state index is 0.0602. The smallest absolute Gasteiger partial charge is 0.307 e. The molecule has 3 N–H and O–H groups in total. The minimum Gasteiger partial charge on any atom is -0.481 e. The predicted molar refractivity (Wildman–Crippen MR) is 137 cm³/mol. The average Bonchev–Trinajstić information content (AvgIpc) is 3.11. The first-order valence-corrected chi connectivity index (χ1v) is 11.4. The predicted octanol–water partition coefficient (Wildman–Crippen LogP) is 5.00. The Bertz CT molecular complexity index is 1270. The number of carbonyl (C=O) groups excluding carboxylic acids is 1. The zero-order valence-corrected chi connectivity index (χ0v) is 19.8. The highest BCUT2D eigenvalue weighted by Gasteiger charge is 2.28. The number of likely N-dealkylation sites (N-methyl/N-ethyl adjacent to an activating group) is 1. The third kappa shape index (κ3) is 5.47. The number of nitrogens with one attached hydrogen (secondary N) is 2. The molecule has 174 valence electrons. The first-order valence-electron chi connectivity index (χ1n) is 11.0. The van der Waals surface area contributed by atoms with Crippen LogP contribution in [0.15, 0.2) is 66.7 Å². The van der Waals surface area contributed by atoms with Gasteiger partial charge in [-0.25, -0.2) is 0 Å². The van der Waals surface area contributed by atoms with E-state index in [4.69, 9.17) is 16.7 Å². The summed E-state index contributed by atoms with van der Waals surface area (Å²) in [4.78, 5) is 26.3. The van der Waals surface area contributed by atoms with E-state index in [1.807, 2.05) is 44.4 Å². The fraction of sp³-hybridized carbons (Fsp3) is 0.185. The highest BCUT2D eigenvalue weighted by molar-refractivity contribution is 6.38. The van der Waals surface area contributed by atoms with Crippen LogP contribution in [0.3, 0.4) is 0 Å². The highest BCUT2D eigenvalue weighted by atomic mass is 35.5. The van der Waals surface area contributed by atoms with Crippen molar-refractivity contribution in [2.45, 2.75) is 12.8 Å². The van der Waals surface area contributed by atoms with Gasteiger partial charge in [-0.1, -0.05) is 54.1 Å². The molecule has 1 heterocycles. The van der Waals surface area contributed by atoms with Crippen LogP contribution in [0.2, 0.25) is 5.02 Å². The number of nitrogens with zero attached hydrogens (tertiary/aromatic N) is 1. The molecule has 0 radical (unpaired) electrons. The van der Waals surface area contributed by atoms with E-state index >= 15 is 0 Å². The fourth-order valence-electron chi connectivity index (χ4n) is 3.94. The maximum absolute atomic E-state index is 13.1. The molecular weight excluding hydrogens is 450 g/mol. The Morgan fingerprint density at radius 3 is 2.50 bits per heavy atom. The topological polar surface area (TPSA) is 81.7 Å². The quantitative estimate of drug-likeness (QED) is 0.399. The standard InChI is InChI=1S/C27H26ClN3O3/c1-31(2)13-12-17-4-3-5-21(14-17)29-26(19-8-6-18(7-9-19)15-24(32)33)25-22-11-10-20(28)16-23(22)30-27(25)34/h3-11,14,16,29H,12-13,15H2,1-2H3,(H,30,34)(H,32,33). The molecule has 0 aromatic heterocycles. The largest absolute Gasteiger partial charge is 0.481 e. The van der Waals surface area contributed by atoms with E-state index in [0.717, 1.165) is 29.8 Å². The van der Waals surface area contributed by atoms with Gasteiger partial charge in [0.05, 0.1) is 23.4 Å². The second-order valence-electron chi connectivity index (χ2n) is 8.54. The number of hydrogen-bond donors (Lipinski definition) is 3. The molecule has 0 unspecified atom stereocenters. The SMILES string of the molecule is CN(C)CCc1cccc(NC(=C2C(=O)Nc3cc(Cl)ccc32)c2ccc(CC(=O)O)cc2)c1. The van der Waals surface area contributed by atoms with Crippen molar-refractivity contribution in [3.63, 3.8) is 0 Å². The number of carboxylic acid groups (broad SMARTS) is 1. The number of anilines is 2. The van der Waals surface area contributed by atoms with Crippen molar-refractivity contribution in [2.75, 3.05) is 31.3 Å². The van der Waals surface area contributed by atoms with Crippen LogP contribution in [-0.2, 0) is 22.4 Å². The Morgan fingerprint density at radius 2 is 1.79 bits per heavy atom. The van der Waals surface area contributed by atoms with Crippen molar-refractivity contribution >= 4 is 46.1 Å². The van der Waals surface area contributed by atoms with Gasteiger partial charge in [0.2, 0.25) is 0 Å². The van der Waals surface area contributed by atoms with Gasteiger partial charge in [0.1, 0.15) is 0 Å². The van der Waals surface area contributed by atoms with E-state index in [1.54, 1.807) is 24.3 Å². The molecule has 0 bridgehead atoms. The van der Waals surface area contributed by atoms with Crippen LogP contribution in [-0.4, -0.2) is 42.5 Å². The van der Waals surface area contributed by atoms with Crippen molar-refractivity contribution in [1.82, 2.24) is 4.90 Å². The number of benzene rings is 3. The molecule has 4 rings (SSSR count). The van der Waals surface area contributed by atoms with E-state index < -0.39 is 5.97 Å². The zero-order valence-electron chi connectivity index (χ0n) is 19.1. The van der Waals surface area contributed by atoms with Crippen LogP contribution in [0.25, 0.3) is 11.3 Å². The van der Waals surface area contributed by atoms with Gasteiger partial charge in [-0.15, -0.1) is 0 Å². The van der Waals surface area contributed by atoms with Crippen molar-refractivity contribution in [3.05, 3.63) is 94.0 Å². The monoisotopic (exact) mass is 475 g/mol. The lowest BCUT2D eigenvalue weighted by Crippen LogP contribution is -2.15. The summed E-state index contributed by atoms with van der Waals surface area (Å²) in [5.74, 6) is -1.11. The Hall–Kier alpha value is -3.61. The van der Waals surface area contributed by atoms with Crippen molar-refractivity contribution in [1.29, 1.82) is 0 Å². The van der Waals surface area contributed by atoms with Gasteiger partial charge in [0, 0.05) is 22.8 Å². The van der Waals surface area contributed by atoms with Gasteiger partial charge in [0.25, 0.3) is 5.91 Å². The molecule has 1 aliphatic heterocycles. The Labute approximate surface area is 203 Å². The number of fused-ring (bicyclic) bond motifs is 1. The lowest BCUT2D eigenvalue weighted by Gasteiger charge is -2.16. The average molecular weight is 476 g/mol. The van der Waals surface area contributed by atoms with Crippen LogP contribution in [0.1, 0.15) is 22.3 Å². The van der Waals surface area contributed by atoms with Gasteiger partial charge in [0.15, 0.2) is 0 Å². The summed E-state index contributed by atoms with van der Waals surface area (Å²) < 4.78 is 0. The molecule has 3 aromatic rings. The van der Waals surface area contributed by atoms with Crippen molar-refractivity contribution in [2.24, 2.45) is 0 Å². The Morgan fingerprint density at radius 1 is 1.03 bits per heavy atom. The Balaban J connectivity index is 1.78. The summed E-state index contributed by atoms with van der Waals surface area (Å²) in [5, 5.41) is 16.0. The molecule has 0 atom stereocenters. The molecule has 1 aliphatic rings. The maximum atomic E-state index is 13.1. The normalized spacial score (nSPS) is 14.1. The van der Waals surface area contributed by atoms with Gasteiger partial charge >= 0.3 is 5.97 Å². The van der Waals surface area contributed by atoms with Gasteiger partial charge < -0.3 is 20.6 Å². The number of hydrogen-bond acceptors (Lipinski definition) is 4. The molecule has 0 fully saturated rings. The van der Waals surface area contributed by atoms with Crippen LogP contribution >= 0.6 is 11.6 Å². The minimum atomic E-state index is -0.889. The first kappa shape index (κ1) is 23.5. The summed E-state index contributed by atoms with van der Waals surface area (Å²) in [5.41, 5.74) is 6.09. The van der Waals surface area contributed by atoms with Gasteiger partial charge in [-0.05, 0) is 61.5 Å². The molecule has 3 aromatic carbocycles. The number of rotatable bonds is 8. The molecular formula is C27H26ClN3O3. The van der Waals surface area contributed by atoms with E-state index in [1.165, 1.54) is 5.56 Å². The summed E-state index contributed by atoms with van der Waals surface area (Å²) >= 11 is 6.14. The van der Waals surface area contributed by atoms with Crippen LogP contribution in [0, 0.1) is 0 Å². The summed E-state index contributed by atoms with van der Waals surface area (Å²) in [7, 11) is 4.09. The molecule has 34 heavy (non-hydrogen) atoms. The van der Waals surface area contributed by atoms with Crippen LogP contribution in [0.5, 0.6) is 0 Å². The molecule has 0 aliphatic carbocycles. The van der Waals surface area contributed by atoms with Gasteiger partial charge in [-0.3, -0.25) is 9.59 Å². The number of carbonyl (C=O) groups is 2. The maximum Gasteiger partial charge on any atom is 0.307 e. The van der Waals surface area contributed by atoms with Crippen molar-refractivity contribution in [3.8, 4) is 0 Å². The van der Waals surface area contributed by atoms with Crippen LogP contribution < -0.4 is 10.6 Å². The zero-order chi connectivity index (χ0) is 24.2. The molecule has 1 amide bonds. The molecule has 6 nitrogen and oxygen atoms in total. The molecule has 7 heteroatoms. The lowest BCUT2D eigenvalue weighted by molar-refractivity contribution is -0.136. The Kier molecular flexibility index (Phi) is 7.01.